The van der Waals surface area contributed by atoms with Gasteiger partial charge in [-0.2, -0.15) is 5.26 Å². The van der Waals surface area contributed by atoms with Crippen molar-refractivity contribution in [1.82, 2.24) is 9.97 Å². The van der Waals surface area contributed by atoms with Crippen molar-refractivity contribution < 1.29 is 0 Å². The van der Waals surface area contributed by atoms with Crippen molar-refractivity contribution in [3.8, 4) is 6.07 Å². The van der Waals surface area contributed by atoms with E-state index in [0.717, 1.165) is 15.1 Å². The molecule has 1 aromatic carbocycles. The maximum Gasteiger partial charge on any atom is 0.149 e. The maximum absolute atomic E-state index is 8.74. The van der Waals surface area contributed by atoms with Gasteiger partial charge in [0.05, 0.1) is 15.2 Å². The highest BCUT2D eigenvalue weighted by Crippen LogP contribution is 2.25. The van der Waals surface area contributed by atoms with Crippen LogP contribution in [0.3, 0.4) is 0 Å². The highest BCUT2D eigenvalue weighted by Gasteiger charge is 2.08. The molecule has 0 unspecified atom stereocenters. The fourth-order valence-corrected chi connectivity index (χ4v) is 2.10. The monoisotopic (exact) mass is 336 g/mol. The minimum atomic E-state index is 0.652. The van der Waals surface area contributed by atoms with Gasteiger partial charge < -0.3 is 4.90 Å². The maximum atomic E-state index is 8.74. The molecule has 0 spiro atoms. The Bertz CT molecular complexity index is 559. The first-order valence-corrected chi connectivity index (χ1v) is 5.99. The van der Waals surface area contributed by atoms with Gasteiger partial charge in [0.1, 0.15) is 12.1 Å². The van der Waals surface area contributed by atoms with Gasteiger partial charge in [0.25, 0.3) is 0 Å². The lowest BCUT2D eigenvalue weighted by molar-refractivity contribution is 1.06. The van der Waals surface area contributed by atoms with Crippen LogP contribution in [0, 0.1) is 14.9 Å². The second-order valence-corrected chi connectivity index (χ2v) is 4.57. The van der Waals surface area contributed by atoms with Crippen LogP contribution >= 0.6 is 22.6 Å². The molecule has 2 rings (SSSR count). The molecule has 4 nitrogen and oxygen atoms in total. The van der Waals surface area contributed by atoms with Crippen molar-refractivity contribution in [2.24, 2.45) is 0 Å². The van der Waals surface area contributed by atoms with Gasteiger partial charge in [-0.3, -0.25) is 0 Å². The van der Waals surface area contributed by atoms with E-state index in [1.165, 1.54) is 6.33 Å². The molecule has 0 aliphatic rings. The Morgan fingerprint density at radius 2 is 2.00 bits per heavy atom. The SMILES string of the molecule is CN(c1ccc(C#N)cc1)c1ncncc1I. The summed E-state index contributed by atoms with van der Waals surface area (Å²) in [6.07, 6.45) is 3.29. The number of nitriles is 1. The third-order valence-corrected chi connectivity index (χ3v) is 3.11. The van der Waals surface area contributed by atoms with Gasteiger partial charge in [-0.1, -0.05) is 0 Å². The Hall–Kier alpha value is -1.68. The van der Waals surface area contributed by atoms with Crippen LogP contribution in [0.2, 0.25) is 0 Å². The summed E-state index contributed by atoms with van der Waals surface area (Å²) in [6.45, 7) is 0. The van der Waals surface area contributed by atoms with E-state index in [4.69, 9.17) is 5.26 Å². The smallest absolute Gasteiger partial charge is 0.149 e. The normalized spacial score (nSPS) is 9.71. The Morgan fingerprint density at radius 1 is 1.29 bits per heavy atom. The number of rotatable bonds is 2. The van der Waals surface area contributed by atoms with E-state index in [1.54, 1.807) is 18.3 Å². The fourth-order valence-electron chi connectivity index (χ4n) is 1.43. The van der Waals surface area contributed by atoms with Crippen molar-refractivity contribution in [3.63, 3.8) is 0 Å². The second-order valence-electron chi connectivity index (χ2n) is 3.41. The van der Waals surface area contributed by atoms with Gasteiger partial charge in [-0.05, 0) is 46.9 Å². The first-order valence-electron chi connectivity index (χ1n) is 4.92. The number of hydrogen-bond acceptors (Lipinski definition) is 4. The lowest BCUT2D eigenvalue weighted by atomic mass is 10.2. The lowest BCUT2D eigenvalue weighted by Gasteiger charge is -2.19. The third-order valence-electron chi connectivity index (χ3n) is 2.35. The number of halogens is 1. The molecule has 84 valence electrons. The molecule has 17 heavy (non-hydrogen) atoms. The van der Waals surface area contributed by atoms with Crippen molar-refractivity contribution in [2.75, 3.05) is 11.9 Å². The van der Waals surface area contributed by atoms with Crippen LogP contribution in [0.25, 0.3) is 0 Å². The molecule has 0 aliphatic carbocycles. The molecule has 0 saturated heterocycles. The predicted octanol–water partition coefficient (Wildman–Crippen LogP) is 2.72. The zero-order valence-electron chi connectivity index (χ0n) is 9.13. The summed E-state index contributed by atoms with van der Waals surface area (Å²) >= 11 is 2.20. The quantitative estimate of drug-likeness (QED) is 0.792. The summed E-state index contributed by atoms with van der Waals surface area (Å²) in [6, 6.07) is 9.48. The molecule has 0 N–H and O–H groups in total. The average molecular weight is 336 g/mol. The Kier molecular flexibility index (Phi) is 3.54. The van der Waals surface area contributed by atoms with Crippen LogP contribution < -0.4 is 4.90 Å². The highest BCUT2D eigenvalue weighted by molar-refractivity contribution is 14.1. The summed E-state index contributed by atoms with van der Waals surface area (Å²) in [4.78, 5) is 10.2. The minimum absolute atomic E-state index is 0.652. The van der Waals surface area contributed by atoms with Gasteiger partial charge in [-0.25, -0.2) is 9.97 Å². The number of aromatic nitrogens is 2. The summed E-state index contributed by atoms with van der Waals surface area (Å²) in [5.74, 6) is 0.852. The molecule has 0 radical (unpaired) electrons. The van der Waals surface area contributed by atoms with Crippen LogP contribution in [0.15, 0.2) is 36.8 Å². The average Bonchev–Trinajstić information content (AvgIpc) is 2.39. The van der Waals surface area contributed by atoms with Crippen LogP contribution in [0.1, 0.15) is 5.56 Å². The zero-order valence-corrected chi connectivity index (χ0v) is 11.3. The van der Waals surface area contributed by atoms with Crippen molar-refractivity contribution in [2.45, 2.75) is 0 Å². The number of hydrogen-bond donors (Lipinski definition) is 0. The van der Waals surface area contributed by atoms with Crippen LogP contribution in [0.4, 0.5) is 11.5 Å². The van der Waals surface area contributed by atoms with Gasteiger partial charge in [0.15, 0.2) is 0 Å². The molecule has 1 heterocycles. The van der Waals surface area contributed by atoms with Crippen LogP contribution in [-0.4, -0.2) is 17.0 Å². The third kappa shape index (κ3) is 2.53. The highest BCUT2D eigenvalue weighted by atomic mass is 127. The number of nitrogens with zero attached hydrogens (tertiary/aromatic N) is 4. The van der Waals surface area contributed by atoms with E-state index in [1.807, 2.05) is 24.1 Å². The molecule has 0 saturated carbocycles. The molecule has 1 aromatic heterocycles. The first kappa shape index (κ1) is 11.8. The molecular formula is C12H9IN4. The summed E-state index contributed by atoms with van der Waals surface area (Å²) in [5, 5.41) is 8.74. The molecule has 0 atom stereocenters. The van der Waals surface area contributed by atoms with Gasteiger partial charge in [-0.15, -0.1) is 0 Å². The van der Waals surface area contributed by atoms with Crippen LogP contribution in [-0.2, 0) is 0 Å². The van der Waals surface area contributed by atoms with Crippen LogP contribution in [0.5, 0.6) is 0 Å². The molecule has 5 heteroatoms. The Morgan fingerprint density at radius 3 is 2.59 bits per heavy atom. The topological polar surface area (TPSA) is 52.8 Å². The second kappa shape index (κ2) is 5.10. The molecule has 0 aliphatic heterocycles. The number of anilines is 2. The largest absolute Gasteiger partial charge is 0.329 e. The molecule has 2 aromatic rings. The summed E-state index contributed by atoms with van der Waals surface area (Å²) in [7, 11) is 1.94. The van der Waals surface area contributed by atoms with Gasteiger partial charge in [0.2, 0.25) is 0 Å². The van der Waals surface area contributed by atoms with Crippen molar-refractivity contribution in [3.05, 3.63) is 45.9 Å². The van der Waals surface area contributed by atoms with E-state index in [0.29, 0.717) is 5.56 Å². The summed E-state index contributed by atoms with van der Waals surface area (Å²) < 4.78 is 0.983. The fraction of sp³-hybridized carbons (Fsp3) is 0.0833. The molecule has 0 amide bonds. The van der Waals surface area contributed by atoms with E-state index >= 15 is 0 Å². The predicted molar refractivity (Wildman–Crippen MR) is 74.0 cm³/mol. The zero-order chi connectivity index (χ0) is 12.3. The number of benzene rings is 1. The molecule has 0 bridgehead atoms. The Balaban J connectivity index is 2.34. The van der Waals surface area contributed by atoms with Gasteiger partial charge in [0, 0.05) is 18.9 Å². The standard InChI is InChI=1S/C12H9IN4/c1-17(12-11(13)7-15-8-16-12)10-4-2-9(6-14)3-5-10/h2-5,7-8H,1H3. The van der Waals surface area contributed by atoms with E-state index < -0.39 is 0 Å². The molecule has 0 fully saturated rings. The molecular weight excluding hydrogens is 327 g/mol. The lowest BCUT2D eigenvalue weighted by Crippen LogP contribution is -2.12. The Labute approximate surface area is 113 Å². The minimum Gasteiger partial charge on any atom is -0.329 e. The van der Waals surface area contributed by atoms with Crippen molar-refractivity contribution in [1.29, 1.82) is 5.26 Å². The summed E-state index contributed by atoms with van der Waals surface area (Å²) in [5.41, 5.74) is 1.64. The van der Waals surface area contributed by atoms with E-state index in [2.05, 4.69) is 38.6 Å². The van der Waals surface area contributed by atoms with Gasteiger partial charge >= 0.3 is 0 Å². The van der Waals surface area contributed by atoms with E-state index in [-0.39, 0.29) is 0 Å². The first-order chi connectivity index (χ1) is 8.22. The van der Waals surface area contributed by atoms with Crippen molar-refractivity contribution >= 4 is 34.1 Å². The van der Waals surface area contributed by atoms with E-state index in [9.17, 15) is 0 Å².